The van der Waals surface area contributed by atoms with Gasteiger partial charge in [0.15, 0.2) is 6.29 Å². The number of urea groups is 1. The molecule has 1 aromatic heterocycles. The number of anilines is 1. The molecule has 2 amide bonds. The topological polar surface area (TPSA) is 153 Å². The van der Waals surface area contributed by atoms with Crippen molar-refractivity contribution in [3.05, 3.63) is 174 Å². The van der Waals surface area contributed by atoms with Gasteiger partial charge < -0.3 is 35.1 Å². The Labute approximate surface area is 339 Å². The van der Waals surface area contributed by atoms with Crippen LogP contribution in [-0.2, 0) is 22.6 Å². The average Bonchev–Trinajstić information content (AvgIpc) is 3.75. The summed E-state index contributed by atoms with van der Waals surface area (Å²) in [5.74, 6) is 2.13. The van der Waals surface area contributed by atoms with E-state index >= 15 is 0 Å². The number of hydrogen-bond donors (Lipinski definition) is 4. The third-order valence-corrected chi connectivity index (χ3v) is 10.6. The van der Waals surface area contributed by atoms with E-state index in [4.69, 9.17) is 14.2 Å². The molecule has 1 aliphatic heterocycles. The molecule has 8 rings (SSSR count). The van der Waals surface area contributed by atoms with Gasteiger partial charge in [0.25, 0.3) is 0 Å². The van der Waals surface area contributed by atoms with E-state index in [1.807, 2.05) is 115 Å². The van der Waals surface area contributed by atoms with Crippen molar-refractivity contribution in [1.29, 1.82) is 0 Å². The first-order chi connectivity index (χ1) is 28.5. The Hall–Kier alpha value is -6.51. The summed E-state index contributed by atoms with van der Waals surface area (Å²) in [5.41, 5.74) is 6.99. The largest absolute Gasteiger partial charge is 0.508 e. The molecule has 1 fully saturated rings. The van der Waals surface area contributed by atoms with Gasteiger partial charge in [-0.3, -0.25) is 0 Å². The number of aromatic hydroxyl groups is 1. The molecule has 58 heavy (non-hydrogen) atoms. The van der Waals surface area contributed by atoms with Crippen LogP contribution in [0, 0.1) is 0 Å². The summed E-state index contributed by atoms with van der Waals surface area (Å²) < 4.78 is 20.7. The van der Waals surface area contributed by atoms with Crippen molar-refractivity contribution >= 4 is 23.5 Å². The molecule has 7 aromatic rings. The second-order valence-corrected chi connectivity index (χ2v) is 14.6. The summed E-state index contributed by atoms with van der Waals surface area (Å²) in [6.07, 6.45) is -0.524. The summed E-state index contributed by atoms with van der Waals surface area (Å²) in [7, 11) is 0. The van der Waals surface area contributed by atoms with Gasteiger partial charge >= 0.3 is 6.03 Å². The van der Waals surface area contributed by atoms with Crippen LogP contribution in [0.2, 0.25) is 0 Å². The lowest BCUT2D eigenvalue weighted by atomic mass is 9.98. The zero-order valence-corrected chi connectivity index (χ0v) is 32.0. The summed E-state index contributed by atoms with van der Waals surface area (Å²) in [5, 5.41) is 38.1. The maximum Gasteiger partial charge on any atom is 0.319 e. The van der Waals surface area contributed by atoms with Crippen LogP contribution in [0.15, 0.2) is 157 Å². The smallest absolute Gasteiger partial charge is 0.319 e. The number of benzene rings is 6. The van der Waals surface area contributed by atoms with E-state index < -0.39 is 6.29 Å². The molecule has 1 saturated heterocycles. The van der Waals surface area contributed by atoms with Gasteiger partial charge in [-0.05, 0) is 98.9 Å². The van der Waals surface area contributed by atoms with Crippen LogP contribution >= 0.6 is 11.8 Å². The highest BCUT2D eigenvalue weighted by atomic mass is 32.2. The van der Waals surface area contributed by atoms with E-state index in [2.05, 4.69) is 26.2 Å². The lowest BCUT2D eigenvalue weighted by Gasteiger charge is -2.36. The fourth-order valence-corrected chi connectivity index (χ4v) is 7.48. The fourth-order valence-electron chi connectivity index (χ4n) is 6.57. The zero-order valence-electron chi connectivity index (χ0n) is 31.2. The van der Waals surface area contributed by atoms with Crippen molar-refractivity contribution in [3.63, 3.8) is 0 Å². The Morgan fingerprint density at radius 3 is 2.26 bits per heavy atom. The monoisotopic (exact) mass is 792 g/mol. The van der Waals surface area contributed by atoms with E-state index in [-0.39, 0.29) is 30.6 Å². The van der Waals surface area contributed by atoms with Gasteiger partial charge in [-0.2, -0.15) is 4.68 Å². The first kappa shape index (κ1) is 38.4. The van der Waals surface area contributed by atoms with Crippen molar-refractivity contribution in [1.82, 2.24) is 25.5 Å². The SMILES string of the molecule is O=C(NCc1ccccc1-c1ccc([C@@H]2O[C@H](CSc3nnnn3-c3ccc(O)cc3)C[C@H](c3ccc(CO)cc3)O2)cc1)Nc1ccc(Oc2ccccc2)cc1. The molecule has 0 saturated carbocycles. The van der Waals surface area contributed by atoms with Crippen LogP contribution in [0.5, 0.6) is 17.2 Å². The van der Waals surface area contributed by atoms with E-state index in [0.717, 1.165) is 44.8 Å². The highest BCUT2D eigenvalue weighted by molar-refractivity contribution is 7.99. The molecule has 1 aliphatic rings. The summed E-state index contributed by atoms with van der Waals surface area (Å²) >= 11 is 1.48. The van der Waals surface area contributed by atoms with Crippen molar-refractivity contribution in [2.45, 2.75) is 43.2 Å². The molecule has 6 aromatic carbocycles. The van der Waals surface area contributed by atoms with Gasteiger partial charge in [0, 0.05) is 30.0 Å². The Morgan fingerprint density at radius 2 is 1.50 bits per heavy atom. The van der Waals surface area contributed by atoms with Gasteiger partial charge in [0.1, 0.15) is 17.2 Å². The number of nitrogens with one attached hydrogen (secondary N) is 2. The lowest BCUT2D eigenvalue weighted by Crippen LogP contribution is -2.31. The minimum absolute atomic E-state index is 0.0359. The number of aliphatic hydroxyl groups is 1. The van der Waals surface area contributed by atoms with E-state index in [9.17, 15) is 15.0 Å². The molecule has 0 aliphatic carbocycles. The predicted octanol–water partition coefficient (Wildman–Crippen LogP) is 8.98. The molecule has 292 valence electrons. The normalized spacial score (nSPS) is 16.4. The molecule has 13 heteroatoms. The molecule has 0 unspecified atom stereocenters. The summed E-state index contributed by atoms with van der Waals surface area (Å²) in [6.45, 7) is 0.283. The number of hydrogen-bond acceptors (Lipinski definition) is 10. The Morgan fingerprint density at radius 1 is 0.793 bits per heavy atom. The number of aliphatic hydroxyl groups excluding tert-OH is 1. The second kappa shape index (κ2) is 18.2. The van der Waals surface area contributed by atoms with Gasteiger partial charge in [0.05, 0.1) is 24.5 Å². The minimum atomic E-state index is -0.649. The molecule has 0 bridgehead atoms. The van der Waals surface area contributed by atoms with E-state index in [0.29, 0.717) is 35.3 Å². The van der Waals surface area contributed by atoms with Crippen molar-refractivity contribution in [2.75, 3.05) is 11.1 Å². The van der Waals surface area contributed by atoms with Crippen LogP contribution in [0.4, 0.5) is 10.5 Å². The number of phenols is 1. The fraction of sp³-hybridized carbons (Fsp3) is 0.156. The standard InChI is InChI=1S/C45H40N6O6S/c52-28-30-10-12-32(13-11-30)42-26-40(29-58-45-48-49-50-51(45)36-20-22-37(53)23-21-36)56-43(57-42)33-16-14-31(15-17-33)41-9-5-4-6-34(41)27-46-44(54)47-35-18-24-39(25-19-35)55-38-7-2-1-3-8-38/h1-25,40,42-43,52-53H,26-29H2,(H2,46,47,54)/t40-,42+,43+/m0/s1. The quantitative estimate of drug-likeness (QED) is 0.0833. The Balaban J connectivity index is 0.930. The highest BCUT2D eigenvalue weighted by Gasteiger charge is 2.33. The van der Waals surface area contributed by atoms with Crippen molar-refractivity contribution in [3.8, 4) is 34.1 Å². The molecular formula is C45H40N6O6S. The molecule has 12 nitrogen and oxygen atoms in total. The molecule has 2 heterocycles. The third-order valence-electron chi connectivity index (χ3n) is 9.59. The average molecular weight is 793 g/mol. The highest BCUT2D eigenvalue weighted by Crippen LogP contribution is 2.40. The zero-order chi connectivity index (χ0) is 39.7. The molecule has 0 spiro atoms. The first-order valence-electron chi connectivity index (χ1n) is 18.7. The van der Waals surface area contributed by atoms with Crippen LogP contribution in [0.25, 0.3) is 16.8 Å². The number of rotatable bonds is 13. The number of ether oxygens (including phenoxy) is 3. The molecule has 3 atom stereocenters. The van der Waals surface area contributed by atoms with Crippen molar-refractivity contribution < 1.29 is 29.2 Å². The number of tetrazole rings is 1. The number of amides is 2. The number of aromatic nitrogens is 4. The Bertz CT molecular complexity index is 2410. The number of thioether (sulfide) groups is 1. The predicted molar refractivity (Wildman–Crippen MR) is 221 cm³/mol. The summed E-state index contributed by atoms with van der Waals surface area (Å²) in [6, 6.07) is 47.0. The van der Waals surface area contributed by atoms with Gasteiger partial charge in [-0.1, -0.05) is 103 Å². The number of nitrogens with zero attached hydrogens (tertiary/aromatic N) is 4. The van der Waals surface area contributed by atoms with Gasteiger partial charge in [-0.15, -0.1) is 5.10 Å². The van der Waals surface area contributed by atoms with E-state index in [1.54, 1.807) is 41.1 Å². The maximum absolute atomic E-state index is 12.9. The molecule has 4 N–H and O–H groups in total. The molecule has 0 radical (unpaired) electrons. The first-order valence-corrected chi connectivity index (χ1v) is 19.7. The minimum Gasteiger partial charge on any atom is -0.508 e. The van der Waals surface area contributed by atoms with Crippen LogP contribution < -0.4 is 15.4 Å². The molecular weight excluding hydrogens is 753 g/mol. The van der Waals surface area contributed by atoms with Crippen LogP contribution in [-0.4, -0.2) is 48.3 Å². The summed E-state index contributed by atoms with van der Waals surface area (Å²) in [4.78, 5) is 12.9. The van der Waals surface area contributed by atoms with Crippen LogP contribution in [0.3, 0.4) is 0 Å². The second-order valence-electron chi connectivity index (χ2n) is 13.6. The number of para-hydroxylation sites is 1. The number of carbonyl (C=O) groups is 1. The van der Waals surface area contributed by atoms with Gasteiger partial charge in [0.2, 0.25) is 5.16 Å². The maximum atomic E-state index is 12.9. The third kappa shape index (κ3) is 9.53. The van der Waals surface area contributed by atoms with E-state index in [1.165, 1.54) is 11.8 Å². The van der Waals surface area contributed by atoms with Gasteiger partial charge in [-0.25, -0.2) is 4.79 Å². The Kier molecular flexibility index (Phi) is 12.0. The number of phenolic OH excluding ortho intramolecular Hbond substituents is 1. The van der Waals surface area contributed by atoms with Crippen molar-refractivity contribution in [2.24, 2.45) is 0 Å². The lowest BCUT2D eigenvalue weighted by molar-refractivity contribution is -0.245. The number of carbonyl (C=O) groups excluding carboxylic acids is 1. The van der Waals surface area contributed by atoms with Crippen LogP contribution in [0.1, 0.15) is 41.1 Å².